The lowest BCUT2D eigenvalue weighted by atomic mass is 10.5. The quantitative estimate of drug-likeness (QED) is 0.408. The van der Waals surface area contributed by atoms with Crippen LogP contribution in [-0.4, -0.2) is 54.9 Å². The molecule has 1 heterocycles. The number of hydrogen-bond donors (Lipinski definition) is 2. The van der Waals surface area contributed by atoms with Gasteiger partial charge in [0.2, 0.25) is 5.91 Å². The van der Waals surface area contributed by atoms with Crippen molar-refractivity contribution < 1.29 is 19.4 Å². The third kappa shape index (κ3) is 3.00. The maximum atomic E-state index is 10.9. The Kier molecular flexibility index (Phi) is 3.66. The normalized spacial score (nSPS) is 16.5. The van der Waals surface area contributed by atoms with Crippen molar-refractivity contribution >= 4 is 11.9 Å². The maximum Gasteiger partial charge on any atom is 0.324 e. The Bertz CT molecular complexity index is 207. The van der Waals surface area contributed by atoms with Crippen LogP contribution in [0.25, 0.3) is 0 Å². The van der Waals surface area contributed by atoms with Crippen molar-refractivity contribution in [1.29, 1.82) is 0 Å². The number of aliphatic hydroxyl groups is 1. The molecule has 6 heteroatoms. The van der Waals surface area contributed by atoms with Gasteiger partial charge in [0.05, 0.1) is 19.8 Å². The van der Waals surface area contributed by atoms with Gasteiger partial charge in [0.15, 0.2) is 0 Å². The van der Waals surface area contributed by atoms with Crippen LogP contribution in [0.2, 0.25) is 0 Å². The highest BCUT2D eigenvalue weighted by Gasteiger charge is 2.25. The molecule has 13 heavy (non-hydrogen) atoms. The number of carbonyl (C=O) groups is 2. The first-order valence-electron chi connectivity index (χ1n) is 4.01. The van der Waals surface area contributed by atoms with Gasteiger partial charge in [-0.05, 0) is 0 Å². The Morgan fingerprint density at radius 3 is 2.77 bits per heavy atom. The van der Waals surface area contributed by atoms with Crippen LogP contribution in [0.3, 0.4) is 0 Å². The van der Waals surface area contributed by atoms with Crippen LogP contribution in [0.1, 0.15) is 0 Å². The number of nitrogens with one attached hydrogen (secondary N) is 1. The first-order chi connectivity index (χ1) is 6.24. The minimum atomic E-state index is -0.377. The van der Waals surface area contributed by atoms with Gasteiger partial charge >= 0.3 is 6.03 Å². The fourth-order valence-corrected chi connectivity index (χ4v) is 1.00. The SMILES string of the molecule is O=C1CN(CCOCCO)C(=O)N1. The monoisotopic (exact) mass is 188 g/mol. The zero-order valence-electron chi connectivity index (χ0n) is 7.15. The third-order valence-electron chi connectivity index (χ3n) is 1.61. The number of urea groups is 1. The molecule has 1 rings (SSSR count). The van der Waals surface area contributed by atoms with Gasteiger partial charge in [0.1, 0.15) is 6.54 Å². The van der Waals surface area contributed by atoms with Crippen LogP contribution in [0.4, 0.5) is 4.79 Å². The van der Waals surface area contributed by atoms with Crippen LogP contribution >= 0.6 is 0 Å². The Morgan fingerprint density at radius 1 is 1.46 bits per heavy atom. The van der Waals surface area contributed by atoms with E-state index in [0.29, 0.717) is 13.2 Å². The first kappa shape index (κ1) is 9.94. The maximum absolute atomic E-state index is 10.9. The molecule has 0 atom stereocenters. The van der Waals surface area contributed by atoms with E-state index in [0.717, 1.165) is 0 Å². The van der Waals surface area contributed by atoms with Crippen LogP contribution in [0.15, 0.2) is 0 Å². The number of ether oxygens (including phenoxy) is 1. The largest absolute Gasteiger partial charge is 0.394 e. The lowest BCUT2D eigenvalue weighted by Gasteiger charge is -2.12. The van der Waals surface area contributed by atoms with E-state index in [1.165, 1.54) is 4.90 Å². The number of hydrogen-bond acceptors (Lipinski definition) is 4. The molecule has 0 spiro atoms. The fourth-order valence-electron chi connectivity index (χ4n) is 1.00. The summed E-state index contributed by atoms with van der Waals surface area (Å²) in [4.78, 5) is 23.0. The van der Waals surface area contributed by atoms with Gasteiger partial charge in [-0.3, -0.25) is 10.1 Å². The van der Waals surface area contributed by atoms with E-state index in [1.54, 1.807) is 0 Å². The Balaban J connectivity index is 2.14. The molecule has 74 valence electrons. The molecule has 0 radical (unpaired) electrons. The molecule has 1 saturated heterocycles. The molecular formula is C7H12N2O4. The summed E-state index contributed by atoms with van der Waals surface area (Å²) in [7, 11) is 0. The highest BCUT2D eigenvalue weighted by molar-refractivity contribution is 6.01. The predicted octanol–water partition coefficient (Wildman–Crippen LogP) is -1.45. The second kappa shape index (κ2) is 4.78. The van der Waals surface area contributed by atoms with Gasteiger partial charge in [-0.1, -0.05) is 0 Å². The molecular weight excluding hydrogens is 176 g/mol. The number of carbonyl (C=O) groups excluding carboxylic acids is 2. The highest BCUT2D eigenvalue weighted by Crippen LogP contribution is 1.96. The Morgan fingerprint density at radius 2 is 2.23 bits per heavy atom. The summed E-state index contributed by atoms with van der Waals surface area (Å²) in [6.07, 6.45) is 0. The van der Waals surface area contributed by atoms with Crippen molar-refractivity contribution in [2.45, 2.75) is 0 Å². The number of amides is 3. The topological polar surface area (TPSA) is 78.9 Å². The zero-order valence-corrected chi connectivity index (χ0v) is 7.15. The Labute approximate surface area is 75.5 Å². The summed E-state index contributed by atoms with van der Waals surface area (Å²) in [5.41, 5.74) is 0. The summed E-state index contributed by atoms with van der Waals surface area (Å²) < 4.78 is 4.95. The second-order valence-corrected chi connectivity index (χ2v) is 2.61. The molecule has 1 aliphatic rings. The van der Waals surface area contributed by atoms with Crippen molar-refractivity contribution in [3.05, 3.63) is 0 Å². The summed E-state index contributed by atoms with van der Waals surface area (Å²) in [5, 5.41) is 10.5. The fraction of sp³-hybridized carbons (Fsp3) is 0.714. The van der Waals surface area contributed by atoms with Gasteiger partial charge in [-0.15, -0.1) is 0 Å². The van der Waals surface area contributed by atoms with Crippen molar-refractivity contribution in [2.24, 2.45) is 0 Å². The molecule has 1 aliphatic heterocycles. The van der Waals surface area contributed by atoms with Crippen molar-refractivity contribution in [3.63, 3.8) is 0 Å². The first-order valence-corrected chi connectivity index (χ1v) is 4.01. The van der Waals surface area contributed by atoms with Crippen molar-refractivity contribution in [1.82, 2.24) is 10.2 Å². The van der Waals surface area contributed by atoms with Gasteiger partial charge in [0.25, 0.3) is 0 Å². The van der Waals surface area contributed by atoms with E-state index >= 15 is 0 Å². The molecule has 6 nitrogen and oxygen atoms in total. The summed E-state index contributed by atoms with van der Waals surface area (Å²) >= 11 is 0. The molecule has 0 bridgehead atoms. The molecule has 0 aliphatic carbocycles. The lowest BCUT2D eigenvalue weighted by Crippen LogP contribution is -2.31. The van der Waals surface area contributed by atoms with Crippen LogP contribution in [-0.2, 0) is 9.53 Å². The molecule has 0 saturated carbocycles. The molecule has 0 aromatic heterocycles. The number of rotatable bonds is 5. The van der Waals surface area contributed by atoms with Gasteiger partial charge in [-0.2, -0.15) is 0 Å². The van der Waals surface area contributed by atoms with Crippen LogP contribution < -0.4 is 5.32 Å². The van der Waals surface area contributed by atoms with Gasteiger partial charge < -0.3 is 14.7 Å². The standard InChI is InChI=1S/C7H12N2O4/c10-2-4-13-3-1-9-5-6(11)8-7(9)12/h10H,1-5H2,(H,8,11,12). The molecule has 0 unspecified atom stereocenters. The lowest BCUT2D eigenvalue weighted by molar-refractivity contribution is -0.118. The second-order valence-electron chi connectivity index (χ2n) is 2.61. The smallest absolute Gasteiger partial charge is 0.324 e. The highest BCUT2D eigenvalue weighted by atomic mass is 16.5. The van der Waals surface area contributed by atoms with Crippen LogP contribution in [0.5, 0.6) is 0 Å². The minimum absolute atomic E-state index is 0.0366. The van der Waals surface area contributed by atoms with E-state index in [2.05, 4.69) is 5.32 Å². The summed E-state index contributed by atoms with van der Waals surface area (Å²) in [6, 6.07) is -0.377. The minimum Gasteiger partial charge on any atom is -0.394 e. The molecule has 0 aromatic rings. The number of imide groups is 1. The average Bonchev–Trinajstić information content (AvgIpc) is 2.39. The van der Waals surface area contributed by atoms with E-state index in [4.69, 9.17) is 9.84 Å². The van der Waals surface area contributed by atoms with Crippen molar-refractivity contribution in [3.8, 4) is 0 Å². The van der Waals surface area contributed by atoms with Crippen molar-refractivity contribution in [2.75, 3.05) is 32.9 Å². The molecule has 1 fully saturated rings. The third-order valence-corrected chi connectivity index (χ3v) is 1.61. The Hall–Kier alpha value is -1.14. The molecule has 3 amide bonds. The summed E-state index contributed by atoms with van der Waals surface area (Å²) in [6.45, 7) is 1.02. The predicted molar refractivity (Wildman–Crippen MR) is 43.0 cm³/mol. The number of nitrogens with zero attached hydrogens (tertiary/aromatic N) is 1. The van der Waals surface area contributed by atoms with Gasteiger partial charge in [-0.25, -0.2) is 4.79 Å². The molecule has 0 aromatic carbocycles. The van der Waals surface area contributed by atoms with E-state index < -0.39 is 0 Å². The molecule has 2 N–H and O–H groups in total. The van der Waals surface area contributed by atoms with Gasteiger partial charge in [0, 0.05) is 6.54 Å². The van der Waals surface area contributed by atoms with E-state index in [-0.39, 0.29) is 31.7 Å². The van der Waals surface area contributed by atoms with E-state index in [1.807, 2.05) is 0 Å². The zero-order chi connectivity index (χ0) is 9.68. The average molecular weight is 188 g/mol. The van der Waals surface area contributed by atoms with Crippen LogP contribution in [0, 0.1) is 0 Å². The summed E-state index contributed by atoms with van der Waals surface area (Å²) in [5.74, 6) is -0.285. The van der Waals surface area contributed by atoms with E-state index in [9.17, 15) is 9.59 Å². The number of aliphatic hydroxyl groups excluding tert-OH is 1.